The third kappa shape index (κ3) is 2.03. The lowest BCUT2D eigenvalue weighted by molar-refractivity contribution is -0.138. The van der Waals surface area contributed by atoms with Gasteiger partial charge in [0.15, 0.2) is 0 Å². The predicted octanol–water partition coefficient (Wildman–Crippen LogP) is -0.536. The highest BCUT2D eigenvalue weighted by Gasteiger charge is 2.29. The van der Waals surface area contributed by atoms with E-state index in [4.69, 9.17) is 10.8 Å². The van der Waals surface area contributed by atoms with Crippen LogP contribution in [0.15, 0.2) is 6.33 Å². The number of aromatic nitrogens is 3. The number of rotatable bonds is 3. The van der Waals surface area contributed by atoms with Crippen LogP contribution in [0.1, 0.15) is 19.2 Å². The number of hydrogen-bond acceptors (Lipinski definition) is 4. The summed E-state index contributed by atoms with van der Waals surface area (Å²) in [7, 11) is 1.68. The van der Waals surface area contributed by atoms with Gasteiger partial charge in [-0.2, -0.15) is 5.10 Å². The average molecular weight is 184 g/mol. The van der Waals surface area contributed by atoms with Gasteiger partial charge in [-0.1, -0.05) is 0 Å². The average Bonchev–Trinajstić information content (AvgIpc) is 2.32. The Bertz CT molecular complexity index is 318. The van der Waals surface area contributed by atoms with Gasteiger partial charge < -0.3 is 10.8 Å². The molecule has 0 spiro atoms. The molecule has 0 saturated carbocycles. The van der Waals surface area contributed by atoms with Crippen LogP contribution in [0.3, 0.4) is 0 Å². The van der Waals surface area contributed by atoms with Crippen molar-refractivity contribution in [2.45, 2.75) is 18.9 Å². The highest BCUT2D eigenvalue weighted by molar-refractivity contribution is 5.68. The number of aryl methyl sites for hydroxylation is 1. The topological polar surface area (TPSA) is 94.0 Å². The summed E-state index contributed by atoms with van der Waals surface area (Å²) in [6.07, 6.45) is 1.18. The normalized spacial score (nSPS) is 15.3. The second kappa shape index (κ2) is 3.14. The Labute approximate surface area is 75.4 Å². The van der Waals surface area contributed by atoms with E-state index in [0.29, 0.717) is 5.82 Å². The number of hydrogen-bond donors (Lipinski definition) is 2. The second-order valence-corrected chi connectivity index (χ2v) is 3.20. The highest BCUT2D eigenvalue weighted by atomic mass is 16.4. The molecule has 0 aromatic carbocycles. The fourth-order valence-corrected chi connectivity index (χ4v) is 1.21. The molecular formula is C7H12N4O2. The van der Waals surface area contributed by atoms with Crippen LogP contribution in [0, 0.1) is 0 Å². The zero-order chi connectivity index (χ0) is 10.1. The summed E-state index contributed by atoms with van der Waals surface area (Å²) in [4.78, 5) is 14.4. The molecule has 0 radical (unpaired) electrons. The zero-order valence-electron chi connectivity index (χ0n) is 7.56. The standard InChI is InChI=1S/C7H12N4O2/c1-7(8,3-5(12)13)6-9-4-10-11(6)2/h4H,3,8H2,1-2H3,(H,12,13). The smallest absolute Gasteiger partial charge is 0.305 e. The monoisotopic (exact) mass is 184 g/mol. The van der Waals surface area contributed by atoms with E-state index in [-0.39, 0.29) is 6.42 Å². The molecule has 6 heteroatoms. The zero-order valence-corrected chi connectivity index (χ0v) is 7.56. The van der Waals surface area contributed by atoms with Crippen molar-refractivity contribution in [2.24, 2.45) is 12.8 Å². The first kappa shape index (κ1) is 9.66. The van der Waals surface area contributed by atoms with E-state index in [1.54, 1.807) is 14.0 Å². The SMILES string of the molecule is Cn1ncnc1C(C)(N)CC(=O)O. The van der Waals surface area contributed by atoms with Crippen LogP contribution < -0.4 is 5.73 Å². The van der Waals surface area contributed by atoms with Crippen LogP contribution >= 0.6 is 0 Å². The largest absolute Gasteiger partial charge is 0.481 e. The van der Waals surface area contributed by atoms with E-state index in [2.05, 4.69) is 10.1 Å². The van der Waals surface area contributed by atoms with Crippen LogP contribution in [0.4, 0.5) is 0 Å². The van der Waals surface area contributed by atoms with Gasteiger partial charge in [0, 0.05) is 7.05 Å². The maximum atomic E-state index is 10.5. The molecule has 1 rings (SSSR count). The predicted molar refractivity (Wildman–Crippen MR) is 44.8 cm³/mol. The lowest BCUT2D eigenvalue weighted by Gasteiger charge is -2.20. The lowest BCUT2D eigenvalue weighted by atomic mass is 9.98. The van der Waals surface area contributed by atoms with Gasteiger partial charge in [0.1, 0.15) is 12.2 Å². The Morgan fingerprint density at radius 2 is 2.46 bits per heavy atom. The summed E-state index contributed by atoms with van der Waals surface area (Å²) in [5.41, 5.74) is 4.80. The van der Waals surface area contributed by atoms with Crippen molar-refractivity contribution in [1.82, 2.24) is 14.8 Å². The Morgan fingerprint density at radius 3 is 2.85 bits per heavy atom. The summed E-state index contributed by atoms with van der Waals surface area (Å²) >= 11 is 0. The summed E-state index contributed by atoms with van der Waals surface area (Å²) in [5.74, 6) is -0.483. The fourth-order valence-electron chi connectivity index (χ4n) is 1.21. The number of carboxylic acids is 1. The van der Waals surface area contributed by atoms with Crippen LogP contribution in [0.2, 0.25) is 0 Å². The molecule has 13 heavy (non-hydrogen) atoms. The maximum absolute atomic E-state index is 10.5. The van der Waals surface area contributed by atoms with E-state index >= 15 is 0 Å². The Kier molecular flexibility index (Phi) is 2.33. The first-order valence-corrected chi connectivity index (χ1v) is 3.78. The summed E-state index contributed by atoms with van der Waals surface area (Å²) in [6.45, 7) is 1.62. The number of aliphatic carboxylic acids is 1. The minimum Gasteiger partial charge on any atom is -0.481 e. The van der Waals surface area contributed by atoms with Crippen molar-refractivity contribution in [2.75, 3.05) is 0 Å². The molecule has 0 aliphatic heterocycles. The van der Waals surface area contributed by atoms with Crippen LogP contribution in [-0.2, 0) is 17.4 Å². The van der Waals surface area contributed by atoms with Gasteiger partial charge in [-0.05, 0) is 6.92 Å². The van der Waals surface area contributed by atoms with Crippen LogP contribution in [-0.4, -0.2) is 25.8 Å². The van der Waals surface area contributed by atoms with Crippen LogP contribution in [0.25, 0.3) is 0 Å². The fraction of sp³-hybridized carbons (Fsp3) is 0.571. The van der Waals surface area contributed by atoms with Gasteiger partial charge in [0.05, 0.1) is 12.0 Å². The summed E-state index contributed by atoms with van der Waals surface area (Å²) < 4.78 is 1.48. The van der Waals surface area contributed by atoms with Crippen molar-refractivity contribution in [3.8, 4) is 0 Å². The van der Waals surface area contributed by atoms with Gasteiger partial charge in [0.2, 0.25) is 0 Å². The molecule has 3 N–H and O–H groups in total. The molecule has 0 aliphatic rings. The van der Waals surface area contributed by atoms with Crippen molar-refractivity contribution in [3.05, 3.63) is 12.2 Å². The minimum absolute atomic E-state index is 0.167. The minimum atomic E-state index is -0.975. The molecule has 1 heterocycles. The molecule has 0 aliphatic carbocycles. The highest BCUT2D eigenvalue weighted by Crippen LogP contribution is 2.17. The number of nitrogens with zero attached hydrogens (tertiary/aromatic N) is 3. The summed E-state index contributed by atoms with van der Waals surface area (Å²) in [6, 6.07) is 0. The molecule has 1 aromatic rings. The number of nitrogens with two attached hydrogens (primary N) is 1. The Balaban J connectivity index is 2.93. The van der Waals surface area contributed by atoms with Crippen molar-refractivity contribution in [1.29, 1.82) is 0 Å². The van der Waals surface area contributed by atoms with Gasteiger partial charge in [-0.25, -0.2) is 4.98 Å². The first-order chi connectivity index (χ1) is 5.93. The van der Waals surface area contributed by atoms with Gasteiger partial charge in [0.25, 0.3) is 0 Å². The molecule has 0 fully saturated rings. The van der Waals surface area contributed by atoms with Crippen LogP contribution in [0.5, 0.6) is 0 Å². The molecule has 0 bridgehead atoms. The molecule has 1 atom stereocenters. The molecule has 1 unspecified atom stereocenters. The molecular weight excluding hydrogens is 172 g/mol. The molecule has 72 valence electrons. The third-order valence-corrected chi connectivity index (χ3v) is 1.74. The van der Waals surface area contributed by atoms with E-state index < -0.39 is 11.5 Å². The molecule has 0 amide bonds. The van der Waals surface area contributed by atoms with Crippen molar-refractivity contribution < 1.29 is 9.90 Å². The van der Waals surface area contributed by atoms with Gasteiger partial charge >= 0.3 is 5.97 Å². The number of carboxylic acid groups (broad SMARTS) is 1. The second-order valence-electron chi connectivity index (χ2n) is 3.20. The van der Waals surface area contributed by atoms with E-state index in [1.807, 2.05) is 0 Å². The first-order valence-electron chi connectivity index (χ1n) is 3.78. The van der Waals surface area contributed by atoms with Crippen molar-refractivity contribution in [3.63, 3.8) is 0 Å². The molecule has 0 saturated heterocycles. The van der Waals surface area contributed by atoms with Gasteiger partial charge in [-0.15, -0.1) is 0 Å². The Hall–Kier alpha value is -1.43. The molecule has 6 nitrogen and oxygen atoms in total. The maximum Gasteiger partial charge on any atom is 0.305 e. The number of carbonyl (C=O) groups is 1. The van der Waals surface area contributed by atoms with E-state index in [0.717, 1.165) is 0 Å². The van der Waals surface area contributed by atoms with Crippen molar-refractivity contribution >= 4 is 5.97 Å². The van der Waals surface area contributed by atoms with E-state index in [1.165, 1.54) is 11.0 Å². The third-order valence-electron chi connectivity index (χ3n) is 1.74. The van der Waals surface area contributed by atoms with E-state index in [9.17, 15) is 4.79 Å². The quantitative estimate of drug-likeness (QED) is 0.658. The lowest BCUT2D eigenvalue weighted by Crippen LogP contribution is -2.38. The van der Waals surface area contributed by atoms with Gasteiger partial charge in [-0.3, -0.25) is 9.48 Å². The Morgan fingerprint density at radius 1 is 1.85 bits per heavy atom. The summed E-state index contributed by atoms with van der Waals surface area (Å²) in [5, 5.41) is 12.4. The molecule has 1 aromatic heterocycles.